The number of hydrogen-bond donors (Lipinski definition) is 0. The molecule has 3 unspecified atom stereocenters. The largest absolute Gasteiger partial charge is 0.461 e. The van der Waals surface area contributed by atoms with Crippen LogP contribution in [0.2, 0.25) is 0 Å². The summed E-state index contributed by atoms with van der Waals surface area (Å²) in [4.78, 5) is 20.7. The predicted octanol–water partition coefficient (Wildman–Crippen LogP) is 1.28. The Morgan fingerprint density at radius 1 is 1.32 bits per heavy atom. The SMILES string of the molecule is CC1(C)C2CCC1(CS(=O)(=O)N1CCOC(COc3ncccn3)C1)C(=O)C2. The third kappa shape index (κ3) is 3.23. The zero-order chi connectivity index (χ0) is 20.0. The predicted molar refractivity (Wildman–Crippen MR) is 101 cm³/mol. The van der Waals surface area contributed by atoms with Crippen LogP contribution in [-0.4, -0.2) is 66.6 Å². The van der Waals surface area contributed by atoms with E-state index in [1.54, 1.807) is 18.5 Å². The van der Waals surface area contributed by atoms with Crippen LogP contribution in [0.25, 0.3) is 0 Å². The third-order valence-corrected chi connectivity index (χ3v) is 8.98. The van der Waals surface area contributed by atoms with Gasteiger partial charge >= 0.3 is 6.01 Å². The van der Waals surface area contributed by atoms with E-state index in [2.05, 4.69) is 23.8 Å². The quantitative estimate of drug-likeness (QED) is 0.698. The molecule has 0 N–H and O–H groups in total. The highest BCUT2D eigenvalue weighted by Crippen LogP contribution is 2.64. The average molecular weight is 410 g/mol. The molecule has 3 atom stereocenters. The van der Waals surface area contributed by atoms with E-state index in [9.17, 15) is 13.2 Å². The van der Waals surface area contributed by atoms with Crippen molar-refractivity contribution in [1.29, 1.82) is 0 Å². The van der Waals surface area contributed by atoms with Gasteiger partial charge in [0, 0.05) is 37.3 Å². The Hall–Kier alpha value is -1.58. The van der Waals surface area contributed by atoms with Gasteiger partial charge in [-0.05, 0) is 30.2 Å². The van der Waals surface area contributed by atoms with Crippen molar-refractivity contribution in [2.75, 3.05) is 32.1 Å². The molecule has 1 aromatic rings. The highest BCUT2D eigenvalue weighted by atomic mass is 32.2. The smallest absolute Gasteiger partial charge is 0.316 e. The van der Waals surface area contributed by atoms with E-state index < -0.39 is 21.5 Å². The lowest BCUT2D eigenvalue weighted by atomic mass is 9.70. The van der Waals surface area contributed by atoms with E-state index in [0.717, 1.165) is 6.42 Å². The molecule has 1 saturated heterocycles. The average Bonchev–Trinajstić information content (AvgIpc) is 3.01. The minimum absolute atomic E-state index is 0.0995. The van der Waals surface area contributed by atoms with Crippen molar-refractivity contribution in [3.8, 4) is 6.01 Å². The van der Waals surface area contributed by atoms with Crippen LogP contribution in [0.1, 0.15) is 33.1 Å². The van der Waals surface area contributed by atoms with Crippen molar-refractivity contribution in [2.45, 2.75) is 39.2 Å². The Bertz CT molecular complexity index is 844. The lowest BCUT2D eigenvalue weighted by molar-refractivity contribution is -0.128. The molecule has 1 aromatic heterocycles. The van der Waals surface area contributed by atoms with Gasteiger partial charge in [-0.2, -0.15) is 4.31 Å². The summed E-state index contributed by atoms with van der Waals surface area (Å²) in [7, 11) is -3.58. The Labute approximate surface area is 165 Å². The number of ether oxygens (including phenoxy) is 2. The molecule has 28 heavy (non-hydrogen) atoms. The van der Waals surface area contributed by atoms with Gasteiger partial charge in [0.2, 0.25) is 10.0 Å². The first-order chi connectivity index (χ1) is 13.2. The van der Waals surface area contributed by atoms with Crippen molar-refractivity contribution < 1.29 is 22.7 Å². The number of aromatic nitrogens is 2. The number of carbonyl (C=O) groups is 1. The minimum Gasteiger partial charge on any atom is -0.461 e. The number of Topliss-reactive ketones (excluding diaryl/α,β-unsaturated/α-hetero) is 1. The summed E-state index contributed by atoms with van der Waals surface area (Å²) in [5, 5.41) is 0. The van der Waals surface area contributed by atoms with Crippen molar-refractivity contribution in [3.05, 3.63) is 18.5 Å². The summed E-state index contributed by atoms with van der Waals surface area (Å²) < 4.78 is 39.1. The van der Waals surface area contributed by atoms with E-state index in [-0.39, 0.29) is 36.1 Å². The molecule has 9 heteroatoms. The maximum Gasteiger partial charge on any atom is 0.316 e. The second kappa shape index (κ2) is 7.03. The third-order valence-electron chi connectivity index (χ3n) is 7.00. The summed E-state index contributed by atoms with van der Waals surface area (Å²) in [6.07, 6.45) is 4.88. The number of hydrogen-bond acceptors (Lipinski definition) is 7. The first-order valence-electron chi connectivity index (χ1n) is 9.77. The monoisotopic (exact) mass is 409 g/mol. The molecule has 0 aromatic carbocycles. The summed E-state index contributed by atoms with van der Waals surface area (Å²) in [6, 6.07) is 1.93. The zero-order valence-electron chi connectivity index (χ0n) is 16.3. The maximum atomic E-state index is 13.2. The van der Waals surface area contributed by atoms with E-state index in [1.165, 1.54) is 4.31 Å². The van der Waals surface area contributed by atoms with Gasteiger partial charge in [-0.3, -0.25) is 4.79 Å². The highest BCUT2D eigenvalue weighted by molar-refractivity contribution is 7.89. The fourth-order valence-electron chi connectivity index (χ4n) is 5.08. The molecular formula is C19H27N3O5S. The summed E-state index contributed by atoms with van der Waals surface area (Å²) in [5.74, 6) is 0.316. The molecule has 3 aliphatic rings. The standard InChI is InChI=1S/C19H27N3O5S/c1-18(2)14-4-5-19(18,16(23)10-14)13-28(24,25)22-8-9-26-15(11-22)12-27-17-20-6-3-7-21-17/h3,6-7,14-15H,4-5,8-13H2,1-2H3. The van der Waals surface area contributed by atoms with Crippen molar-refractivity contribution in [3.63, 3.8) is 0 Å². The van der Waals surface area contributed by atoms with Gasteiger partial charge in [0.15, 0.2) is 0 Å². The fourth-order valence-corrected chi connectivity index (χ4v) is 7.31. The number of nitrogens with zero attached hydrogens (tertiary/aromatic N) is 3. The number of fused-ring (bicyclic) bond motifs is 2. The fraction of sp³-hybridized carbons (Fsp3) is 0.737. The number of sulfonamides is 1. The van der Waals surface area contributed by atoms with Crippen LogP contribution in [-0.2, 0) is 19.6 Å². The highest BCUT2D eigenvalue weighted by Gasteiger charge is 2.65. The van der Waals surface area contributed by atoms with Gasteiger partial charge in [-0.1, -0.05) is 13.8 Å². The summed E-state index contributed by atoms with van der Waals surface area (Å²) in [6.45, 7) is 5.10. The van der Waals surface area contributed by atoms with Gasteiger partial charge < -0.3 is 9.47 Å². The molecular weight excluding hydrogens is 382 g/mol. The van der Waals surface area contributed by atoms with E-state index in [1.807, 2.05) is 0 Å². The number of rotatable bonds is 6. The van der Waals surface area contributed by atoms with Crippen LogP contribution in [0, 0.1) is 16.7 Å². The van der Waals surface area contributed by atoms with Gasteiger partial charge in [0.05, 0.1) is 12.4 Å². The van der Waals surface area contributed by atoms with Crippen LogP contribution in [0.3, 0.4) is 0 Å². The van der Waals surface area contributed by atoms with E-state index in [4.69, 9.17) is 9.47 Å². The zero-order valence-corrected chi connectivity index (χ0v) is 17.2. The van der Waals surface area contributed by atoms with Gasteiger partial charge in [-0.15, -0.1) is 0 Å². The molecule has 2 aliphatic carbocycles. The molecule has 8 nitrogen and oxygen atoms in total. The maximum absolute atomic E-state index is 13.2. The topological polar surface area (TPSA) is 98.7 Å². The Kier molecular flexibility index (Phi) is 4.96. The molecule has 1 aliphatic heterocycles. The number of morpholine rings is 1. The normalized spacial score (nSPS) is 32.6. The summed E-state index contributed by atoms with van der Waals surface area (Å²) >= 11 is 0. The molecule has 0 amide bonds. The van der Waals surface area contributed by atoms with Crippen molar-refractivity contribution in [2.24, 2.45) is 16.7 Å². The molecule has 3 fully saturated rings. The van der Waals surface area contributed by atoms with Gasteiger partial charge in [-0.25, -0.2) is 18.4 Å². The second-order valence-corrected chi connectivity index (χ2v) is 10.6. The molecule has 2 saturated carbocycles. The molecule has 0 radical (unpaired) electrons. The molecule has 2 heterocycles. The van der Waals surface area contributed by atoms with Gasteiger partial charge in [0.25, 0.3) is 0 Å². The first kappa shape index (κ1) is 19.7. The van der Waals surface area contributed by atoms with Crippen LogP contribution < -0.4 is 4.74 Å². The Morgan fingerprint density at radius 2 is 2.07 bits per heavy atom. The molecule has 2 bridgehead atoms. The molecule has 4 rings (SSSR count). The van der Waals surface area contributed by atoms with E-state index in [0.29, 0.717) is 31.9 Å². The Morgan fingerprint density at radius 3 is 2.71 bits per heavy atom. The molecule has 154 valence electrons. The number of carbonyl (C=O) groups excluding carboxylic acids is 1. The van der Waals surface area contributed by atoms with Crippen molar-refractivity contribution >= 4 is 15.8 Å². The van der Waals surface area contributed by atoms with Crippen molar-refractivity contribution in [1.82, 2.24) is 14.3 Å². The first-order valence-corrected chi connectivity index (χ1v) is 11.4. The van der Waals surface area contributed by atoms with Crippen LogP contribution in [0.5, 0.6) is 6.01 Å². The van der Waals surface area contributed by atoms with Crippen LogP contribution in [0.15, 0.2) is 18.5 Å². The van der Waals surface area contributed by atoms with Crippen LogP contribution in [0.4, 0.5) is 0 Å². The summed E-state index contributed by atoms with van der Waals surface area (Å²) in [5.41, 5.74) is -1.02. The Balaban J connectivity index is 1.43. The van der Waals surface area contributed by atoms with Gasteiger partial charge in [0.1, 0.15) is 18.5 Å². The second-order valence-electron chi connectivity index (χ2n) is 8.62. The molecule has 0 spiro atoms. The van der Waals surface area contributed by atoms with Crippen LogP contribution >= 0.6 is 0 Å². The lowest BCUT2D eigenvalue weighted by Gasteiger charge is -2.39. The number of ketones is 1. The van der Waals surface area contributed by atoms with E-state index >= 15 is 0 Å². The lowest BCUT2D eigenvalue weighted by Crippen LogP contribution is -2.52. The minimum atomic E-state index is -3.58.